The van der Waals surface area contributed by atoms with Crippen molar-refractivity contribution in [1.82, 2.24) is 15.1 Å². The van der Waals surface area contributed by atoms with E-state index in [1.54, 1.807) is 0 Å². The lowest BCUT2D eigenvalue weighted by Crippen LogP contribution is -2.48. The van der Waals surface area contributed by atoms with Crippen LogP contribution in [0.2, 0.25) is 0 Å². The highest BCUT2D eigenvalue weighted by Crippen LogP contribution is 2.54. The number of rotatable bonds is 7. The van der Waals surface area contributed by atoms with E-state index in [0.717, 1.165) is 10.7 Å². The second-order valence-electron chi connectivity index (χ2n) is 10.5. The normalized spacial score (nSPS) is 22.0. The summed E-state index contributed by atoms with van der Waals surface area (Å²) in [5, 5.41) is 18.2. The number of aromatic carboxylic acids is 1. The van der Waals surface area contributed by atoms with Gasteiger partial charge in [-0.2, -0.15) is 31.4 Å². The average Bonchev–Trinajstić information content (AvgIpc) is 3.66. The quantitative estimate of drug-likeness (QED) is 0.228. The van der Waals surface area contributed by atoms with Gasteiger partial charge in [0.15, 0.2) is 5.69 Å². The number of carbonyl (C=O) groups excluding carboxylic acids is 2. The molecule has 5 rings (SSSR count). The van der Waals surface area contributed by atoms with Crippen molar-refractivity contribution in [1.29, 1.82) is 0 Å². The minimum Gasteiger partial charge on any atom is -0.496 e. The van der Waals surface area contributed by atoms with Gasteiger partial charge in [0.1, 0.15) is 11.6 Å². The van der Waals surface area contributed by atoms with Gasteiger partial charge in [0, 0.05) is 23.7 Å². The number of anilines is 1. The first kappa shape index (κ1) is 31.5. The number of nitrogens with one attached hydrogen (secondary N) is 2. The number of ether oxygens (including phenoxy) is 1. The Morgan fingerprint density at radius 1 is 1.02 bits per heavy atom. The van der Waals surface area contributed by atoms with Crippen LogP contribution in [-0.4, -0.2) is 52.0 Å². The second-order valence-corrected chi connectivity index (χ2v) is 10.5. The zero-order valence-corrected chi connectivity index (χ0v) is 23.0. The first-order chi connectivity index (χ1) is 21.1. The van der Waals surface area contributed by atoms with Crippen molar-refractivity contribution < 1.29 is 55.0 Å². The molecule has 0 aliphatic heterocycles. The van der Waals surface area contributed by atoms with Gasteiger partial charge in [-0.1, -0.05) is 5.57 Å². The number of hydrogen-bond donors (Lipinski definition) is 3. The van der Waals surface area contributed by atoms with E-state index >= 15 is 0 Å². The molecule has 9 nitrogen and oxygen atoms in total. The van der Waals surface area contributed by atoms with Gasteiger partial charge in [0.25, 0.3) is 5.91 Å². The van der Waals surface area contributed by atoms with Gasteiger partial charge in [-0.25, -0.2) is 13.9 Å². The SMILES string of the molecule is COc1ccc(-n2nccc2C(=O)O)cc1C(=O)NC1C2CCC(/C2=C/C(F)(F)F)[C@@H]1C(=O)Nc1ccc(F)c(C(F)(F)F)c1. The van der Waals surface area contributed by atoms with Crippen molar-refractivity contribution in [3.05, 3.63) is 82.9 Å². The number of methoxy groups -OCH3 is 1. The topological polar surface area (TPSA) is 123 Å². The van der Waals surface area contributed by atoms with Crippen molar-refractivity contribution in [2.75, 3.05) is 12.4 Å². The molecule has 0 saturated heterocycles. The fourth-order valence-corrected chi connectivity index (χ4v) is 6.13. The van der Waals surface area contributed by atoms with Crippen LogP contribution >= 0.6 is 0 Å². The molecule has 16 heteroatoms. The summed E-state index contributed by atoms with van der Waals surface area (Å²) in [7, 11) is 1.25. The molecule has 238 valence electrons. The molecule has 2 bridgehead atoms. The Hall–Kier alpha value is -4.89. The van der Waals surface area contributed by atoms with Crippen LogP contribution in [0.25, 0.3) is 5.69 Å². The number of aromatic nitrogens is 2. The van der Waals surface area contributed by atoms with E-state index in [-0.39, 0.29) is 47.2 Å². The average molecular weight is 641 g/mol. The number of allylic oxidation sites excluding steroid dienone is 1. The summed E-state index contributed by atoms with van der Waals surface area (Å²) >= 11 is 0. The molecule has 2 fully saturated rings. The molecule has 45 heavy (non-hydrogen) atoms. The van der Waals surface area contributed by atoms with E-state index in [2.05, 4.69) is 15.7 Å². The van der Waals surface area contributed by atoms with Gasteiger partial charge < -0.3 is 20.5 Å². The third kappa shape index (κ3) is 6.21. The van der Waals surface area contributed by atoms with Gasteiger partial charge in [0.05, 0.1) is 36.0 Å². The molecular weight excluding hydrogens is 617 g/mol. The lowest BCUT2D eigenvalue weighted by atomic mass is 9.83. The number of halogens is 7. The zero-order valence-electron chi connectivity index (χ0n) is 23.0. The standard InChI is InChI=1S/C29H23F7N4O5/c1-45-22-7-3-14(40-21(27(43)44)8-9-37-40)11-17(22)25(41)39-24-16-5-4-15(18(16)12-28(31,32)33)23(24)26(42)38-13-2-6-20(30)19(10-13)29(34,35)36/h2-3,6-12,15-16,23-24H,4-5H2,1H3,(H,38,42)(H,39,41)(H,43,44)/b18-12-/t15?,16?,23-,24?/m0/s1. The molecule has 3 aromatic rings. The van der Waals surface area contributed by atoms with Crippen LogP contribution in [-0.2, 0) is 11.0 Å². The Bertz CT molecular complexity index is 1700. The number of carboxylic acid groups (broad SMARTS) is 1. The molecule has 4 atom stereocenters. The summed E-state index contributed by atoms with van der Waals surface area (Å²) in [6, 6.07) is 5.78. The zero-order chi connectivity index (χ0) is 32.8. The molecule has 1 aromatic heterocycles. The fraction of sp³-hybridized carbons (Fsp3) is 0.310. The minimum atomic E-state index is -5.08. The van der Waals surface area contributed by atoms with E-state index in [9.17, 15) is 50.2 Å². The van der Waals surface area contributed by atoms with E-state index in [1.807, 2.05) is 0 Å². The highest BCUT2D eigenvalue weighted by molar-refractivity contribution is 5.99. The highest BCUT2D eigenvalue weighted by atomic mass is 19.4. The molecule has 1 heterocycles. The predicted molar refractivity (Wildman–Crippen MR) is 142 cm³/mol. The van der Waals surface area contributed by atoms with Crippen molar-refractivity contribution >= 4 is 23.5 Å². The molecule has 3 N–H and O–H groups in total. The predicted octanol–water partition coefficient (Wildman–Crippen LogP) is 5.62. The van der Waals surface area contributed by atoms with Crippen LogP contribution in [0.15, 0.2) is 60.3 Å². The Labute approximate surface area is 249 Å². The number of benzene rings is 2. The largest absolute Gasteiger partial charge is 0.496 e. The van der Waals surface area contributed by atoms with Gasteiger partial charge in [-0.3, -0.25) is 9.59 Å². The highest BCUT2D eigenvalue weighted by Gasteiger charge is 2.55. The van der Waals surface area contributed by atoms with Crippen LogP contribution < -0.4 is 15.4 Å². The van der Waals surface area contributed by atoms with Gasteiger partial charge in [-0.05, 0) is 61.2 Å². The number of amides is 2. The molecule has 2 saturated carbocycles. The number of carboxylic acids is 1. The molecule has 2 amide bonds. The first-order valence-electron chi connectivity index (χ1n) is 13.3. The number of fused-ring (bicyclic) bond motifs is 2. The Kier molecular flexibility index (Phi) is 8.10. The summed E-state index contributed by atoms with van der Waals surface area (Å²) in [6.45, 7) is 0. The van der Waals surface area contributed by atoms with E-state index in [4.69, 9.17) is 4.74 Å². The van der Waals surface area contributed by atoms with Crippen molar-refractivity contribution in [2.24, 2.45) is 17.8 Å². The van der Waals surface area contributed by atoms with Gasteiger partial charge in [0.2, 0.25) is 5.91 Å². The Balaban J connectivity index is 1.49. The third-order valence-electron chi connectivity index (χ3n) is 7.90. The van der Waals surface area contributed by atoms with Crippen molar-refractivity contribution in [3.8, 4) is 11.4 Å². The summed E-state index contributed by atoms with van der Waals surface area (Å²) in [4.78, 5) is 38.7. The molecule has 2 aromatic carbocycles. The lowest BCUT2D eigenvalue weighted by Gasteiger charge is -2.30. The smallest absolute Gasteiger partial charge is 0.419 e. The van der Waals surface area contributed by atoms with Gasteiger partial charge in [-0.15, -0.1) is 0 Å². The van der Waals surface area contributed by atoms with Crippen LogP contribution in [0.1, 0.15) is 39.3 Å². The minimum absolute atomic E-state index is 0.0153. The Morgan fingerprint density at radius 3 is 2.38 bits per heavy atom. The van der Waals surface area contributed by atoms with E-state index < -0.39 is 71.0 Å². The molecule has 2 aliphatic carbocycles. The van der Waals surface area contributed by atoms with Crippen LogP contribution in [0.5, 0.6) is 5.75 Å². The third-order valence-corrected chi connectivity index (χ3v) is 7.90. The van der Waals surface area contributed by atoms with Crippen LogP contribution in [0.4, 0.5) is 36.4 Å². The number of carbonyl (C=O) groups is 3. The molecule has 0 radical (unpaired) electrons. The maximum Gasteiger partial charge on any atom is 0.419 e. The summed E-state index contributed by atoms with van der Waals surface area (Å²) in [5.41, 5.74) is -2.46. The summed E-state index contributed by atoms with van der Waals surface area (Å²) < 4.78 is 100. The molecular formula is C29H23F7N4O5. The van der Waals surface area contributed by atoms with E-state index in [1.165, 1.54) is 37.6 Å². The Morgan fingerprint density at radius 2 is 1.73 bits per heavy atom. The monoisotopic (exact) mass is 640 g/mol. The van der Waals surface area contributed by atoms with Crippen LogP contribution in [0.3, 0.4) is 0 Å². The molecule has 3 unspecified atom stereocenters. The summed E-state index contributed by atoms with van der Waals surface area (Å²) in [5.74, 6) is -7.99. The number of hydrogen-bond acceptors (Lipinski definition) is 5. The number of nitrogens with zero attached hydrogens (tertiary/aromatic N) is 2. The lowest BCUT2D eigenvalue weighted by molar-refractivity contribution is -0.140. The fourth-order valence-electron chi connectivity index (χ4n) is 6.13. The molecule has 2 aliphatic rings. The second kappa shape index (κ2) is 11.6. The number of alkyl halides is 6. The van der Waals surface area contributed by atoms with Crippen molar-refractivity contribution in [3.63, 3.8) is 0 Å². The van der Waals surface area contributed by atoms with Crippen molar-refractivity contribution in [2.45, 2.75) is 31.2 Å². The maximum atomic E-state index is 13.8. The maximum absolute atomic E-state index is 13.8. The van der Waals surface area contributed by atoms with Crippen LogP contribution in [0, 0.1) is 23.6 Å². The first-order valence-corrected chi connectivity index (χ1v) is 13.3. The molecule has 0 spiro atoms. The summed E-state index contributed by atoms with van der Waals surface area (Å²) in [6.07, 6.45) is -8.21. The van der Waals surface area contributed by atoms with Gasteiger partial charge >= 0.3 is 18.3 Å². The van der Waals surface area contributed by atoms with E-state index in [0.29, 0.717) is 12.1 Å².